The number of hydrogen-bond acceptors (Lipinski definition) is 3. The first-order valence-corrected chi connectivity index (χ1v) is 2.72. The molecule has 56 valence electrons. The normalized spacial score (nSPS) is 9.70. The van der Waals surface area contributed by atoms with Crippen LogP contribution in [0.2, 0.25) is 0 Å². The van der Waals surface area contributed by atoms with Crippen molar-refractivity contribution < 1.29 is 14.3 Å². The van der Waals surface area contributed by atoms with Crippen molar-refractivity contribution in [2.75, 3.05) is 6.61 Å². The summed E-state index contributed by atoms with van der Waals surface area (Å²) >= 11 is 0. The van der Waals surface area contributed by atoms with E-state index in [1.54, 1.807) is 0 Å². The fraction of sp³-hybridized carbons (Fsp3) is 0.333. The third-order valence-corrected chi connectivity index (χ3v) is 0.665. The van der Waals surface area contributed by atoms with E-state index < -0.39 is 5.91 Å². The fourth-order valence-electron chi connectivity index (χ4n) is 0.330. The van der Waals surface area contributed by atoms with Crippen LogP contribution in [0, 0.1) is 0 Å². The lowest BCUT2D eigenvalue weighted by molar-refractivity contribution is -0.139. The van der Waals surface area contributed by atoms with Gasteiger partial charge in [0.25, 0.3) is 0 Å². The van der Waals surface area contributed by atoms with Gasteiger partial charge in [-0.25, -0.2) is 0 Å². The highest BCUT2D eigenvalue weighted by Crippen LogP contribution is 1.77. The standard InChI is InChI=1S/C6H9NO3/c1-5(8)10-4-2-3-6(7)9/h2-3H,4H2,1H3,(H2,7,9)/b3-2-. The van der Waals surface area contributed by atoms with Gasteiger partial charge in [0.1, 0.15) is 6.61 Å². The van der Waals surface area contributed by atoms with Gasteiger partial charge < -0.3 is 10.5 Å². The predicted molar refractivity (Wildman–Crippen MR) is 35.0 cm³/mol. The number of carbonyl (C=O) groups is 2. The zero-order valence-corrected chi connectivity index (χ0v) is 5.66. The Morgan fingerprint density at radius 2 is 2.20 bits per heavy atom. The predicted octanol–water partition coefficient (Wildman–Crippen LogP) is -0.409. The molecule has 0 aliphatic rings. The minimum absolute atomic E-state index is 0.0955. The lowest BCUT2D eigenvalue weighted by Crippen LogP contribution is -2.06. The van der Waals surface area contributed by atoms with Crippen LogP contribution in [-0.4, -0.2) is 18.5 Å². The minimum atomic E-state index is -0.549. The highest BCUT2D eigenvalue weighted by Gasteiger charge is 1.87. The lowest BCUT2D eigenvalue weighted by atomic mass is 10.5. The molecule has 0 aromatic heterocycles. The molecule has 0 saturated carbocycles. The van der Waals surface area contributed by atoms with Gasteiger partial charge in [0.05, 0.1) is 0 Å². The Hall–Kier alpha value is -1.32. The van der Waals surface area contributed by atoms with Crippen LogP contribution >= 0.6 is 0 Å². The van der Waals surface area contributed by atoms with Crippen molar-refractivity contribution in [1.82, 2.24) is 0 Å². The molecule has 0 atom stereocenters. The van der Waals surface area contributed by atoms with E-state index in [-0.39, 0.29) is 12.6 Å². The molecule has 0 heterocycles. The number of hydrogen-bond donors (Lipinski definition) is 1. The minimum Gasteiger partial charge on any atom is -0.462 e. The van der Waals surface area contributed by atoms with E-state index in [9.17, 15) is 9.59 Å². The maximum absolute atomic E-state index is 10.1. The maximum atomic E-state index is 10.1. The zero-order valence-electron chi connectivity index (χ0n) is 5.66. The molecule has 0 fully saturated rings. The number of nitrogens with two attached hydrogens (primary N) is 1. The van der Waals surface area contributed by atoms with Crippen LogP contribution in [0.25, 0.3) is 0 Å². The highest BCUT2D eigenvalue weighted by molar-refractivity contribution is 5.85. The summed E-state index contributed by atoms with van der Waals surface area (Å²) in [7, 11) is 0. The summed E-state index contributed by atoms with van der Waals surface area (Å²) in [6.45, 7) is 1.39. The van der Waals surface area contributed by atoms with Gasteiger partial charge in [-0.15, -0.1) is 0 Å². The first-order valence-electron chi connectivity index (χ1n) is 2.72. The molecule has 0 rings (SSSR count). The molecular weight excluding hydrogens is 134 g/mol. The van der Waals surface area contributed by atoms with Crippen molar-refractivity contribution in [1.29, 1.82) is 0 Å². The smallest absolute Gasteiger partial charge is 0.302 e. The number of carbonyl (C=O) groups excluding carboxylic acids is 2. The Kier molecular flexibility index (Phi) is 3.95. The van der Waals surface area contributed by atoms with Gasteiger partial charge in [0, 0.05) is 13.0 Å². The molecule has 2 N–H and O–H groups in total. The van der Waals surface area contributed by atoms with E-state index in [1.807, 2.05) is 0 Å². The van der Waals surface area contributed by atoms with Crippen molar-refractivity contribution in [2.24, 2.45) is 5.73 Å². The number of primary amides is 1. The van der Waals surface area contributed by atoms with E-state index in [4.69, 9.17) is 5.73 Å². The second-order valence-corrected chi connectivity index (χ2v) is 1.61. The summed E-state index contributed by atoms with van der Waals surface area (Å²) < 4.78 is 4.46. The van der Waals surface area contributed by atoms with Gasteiger partial charge in [-0.3, -0.25) is 9.59 Å². The van der Waals surface area contributed by atoms with E-state index in [0.29, 0.717) is 0 Å². The van der Waals surface area contributed by atoms with Crippen molar-refractivity contribution >= 4 is 11.9 Å². The quantitative estimate of drug-likeness (QED) is 0.431. The van der Waals surface area contributed by atoms with Gasteiger partial charge in [-0.1, -0.05) is 0 Å². The molecule has 10 heavy (non-hydrogen) atoms. The Morgan fingerprint density at radius 3 is 2.60 bits per heavy atom. The molecule has 0 aliphatic heterocycles. The van der Waals surface area contributed by atoms with Crippen LogP contribution < -0.4 is 5.73 Å². The molecule has 0 unspecified atom stereocenters. The van der Waals surface area contributed by atoms with Gasteiger partial charge in [0.2, 0.25) is 5.91 Å². The number of esters is 1. The number of ether oxygens (including phenoxy) is 1. The molecule has 0 spiro atoms. The molecule has 4 heteroatoms. The van der Waals surface area contributed by atoms with Gasteiger partial charge in [-0.2, -0.15) is 0 Å². The SMILES string of the molecule is CC(=O)OC/C=C\C(N)=O. The van der Waals surface area contributed by atoms with Gasteiger partial charge in [0.15, 0.2) is 0 Å². The second-order valence-electron chi connectivity index (χ2n) is 1.61. The second kappa shape index (κ2) is 4.55. The van der Waals surface area contributed by atoms with Crippen LogP contribution in [0.1, 0.15) is 6.92 Å². The van der Waals surface area contributed by atoms with Gasteiger partial charge >= 0.3 is 5.97 Å². The first kappa shape index (κ1) is 8.68. The average molecular weight is 143 g/mol. The van der Waals surface area contributed by atoms with E-state index >= 15 is 0 Å². The highest BCUT2D eigenvalue weighted by atomic mass is 16.5. The molecule has 4 nitrogen and oxygen atoms in total. The van der Waals surface area contributed by atoms with Gasteiger partial charge in [-0.05, 0) is 6.08 Å². The fourth-order valence-corrected chi connectivity index (χ4v) is 0.330. The van der Waals surface area contributed by atoms with Crippen molar-refractivity contribution in [2.45, 2.75) is 6.92 Å². The van der Waals surface area contributed by atoms with Crippen molar-refractivity contribution in [3.63, 3.8) is 0 Å². The molecule has 0 aromatic rings. The third kappa shape index (κ3) is 6.68. The van der Waals surface area contributed by atoms with Crippen LogP contribution in [0.5, 0.6) is 0 Å². The van der Waals surface area contributed by atoms with Crippen molar-refractivity contribution in [3.05, 3.63) is 12.2 Å². The van der Waals surface area contributed by atoms with Crippen molar-refractivity contribution in [3.8, 4) is 0 Å². The summed E-state index contributed by atoms with van der Waals surface area (Å²) in [6, 6.07) is 0. The molecule has 0 aliphatic carbocycles. The third-order valence-electron chi connectivity index (χ3n) is 0.665. The van der Waals surface area contributed by atoms with Crippen LogP contribution in [0.3, 0.4) is 0 Å². The summed E-state index contributed by atoms with van der Waals surface area (Å²) in [6.07, 6.45) is 2.52. The first-order chi connectivity index (χ1) is 4.63. The van der Waals surface area contributed by atoms with Crippen LogP contribution in [0.15, 0.2) is 12.2 Å². The Balaban J connectivity index is 3.36. The van der Waals surface area contributed by atoms with E-state index in [2.05, 4.69) is 4.74 Å². The molecule has 0 bridgehead atoms. The topological polar surface area (TPSA) is 69.4 Å². The summed E-state index contributed by atoms with van der Waals surface area (Å²) in [5.74, 6) is -0.929. The van der Waals surface area contributed by atoms with E-state index in [0.717, 1.165) is 6.08 Å². The molecule has 1 amide bonds. The molecule has 0 aromatic carbocycles. The molecular formula is C6H9NO3. The monoisotopic (exact) mass is 143 g/mol. The summed E-state index contributed by atoms with van der Waals surface area (Å²) in [5.41, 5.74) is 4.74. The summed E-state index contributed by atoms with van der Waals surface area (Å²) in [5, 5.41) is 0. The van der Waals surface area contributed by atoms with Crippen LogP contribution in [0.4, 0.5) is 0 Å². The Labute approximate surface area is 58.7 Å². The summed E-state index contributed by atoms with van der Waals surface area (Å²) in [4.78, 5) is 20.2. The largest absolute Gasteiger partial charge is 0.462 e. The number of amides is 1. The Morgan fingerprint density at radius 1 is 1.60 bits per heavy atom. The zero-order chi connectivity index (χ0) is 7.98. The number of rotatable bonds is 3. The lowest BCUT2D eigenvalue weighted by Gasteiger charge is -1.92. The Bertz CT molecular complexity index is 162. The maximum Gasteiger partial charge on any atom is 0.302 e. The van der Waals surface area contributed by atoms with E-state index in [1.165, 1.54) is 13.0 Å². The molecule has 0 radical (unpaired) electrons. The average Bonchev–Trinajstić information content (AvgIpc) is 1.79. The molecule has 0 saturated heterocycles. The van der Waals surface area contributed by atoms with Crippen LogP contribution in [-0.2, 0) is 14.3 Å².